The number of fused-ring (bicyclic) bond motifs is 4. The van der Waals surface area contributed by atoms with Crippen LogP contribution >= 0.6 is 0 Å². The summed E-state index contributed by atoms with van der Waals surface area (Å²) in [5.74, 6) is 1.11. The fourth-order valence-electron chi connectivity index (χ4n) is 5.35. The molecule has 0 aliphatic carbocycles. The molecule has 4 atom stereocenters. The summed E-state index contributed by atoms with van der Waals surface area (Å²) in [5.41, 5.74) is 3.78. The largest absolute Gasteiger partial charge is 0.496 e. The Morgan fingerprint density at radius 1 is 1.24 bits per heavy atom. The van der Waals surface area contributed by atoms with Gasteiger partial charge in [-0.05, 0) is 76.0 Å². The van der Waals surface area contributed by atoms with Crippen LogP contribution in [0.5, 0.6) is 5.75 Å². The zero-order valence-corrected chi connectivity index (χ0v) is 24.3. The third-order valence-electron chi connectivity index (χ3n) is 8.16. The Labute approximate surface area is 228 Å². The molecule has 4 bridgehead atoms. The number of hydrogen-bond donors (Lipinski definition) is 1. The van der Waals surface area contributed by atoms with Crippen LogP contribution in [0, 0.1) is 0 Å². The number of methoxy groups -OCH3 is 2. The van der Waals surface area contributed by atoms with Crippen molar-refractivity contribution in [2.75, 3.05) is 26.2 Å². The molecule has 3 unspecified atom stereocenters. The second kappa shape index (κ2) is 13.3. The van der Waals surface area contributed by atoms with E-state index in [1.165, 1.54) is 5.57 Å². The van der Waals surface area contributed by atoms with Crippen molar-refractivity contribution in [2.45, 2.75) is 103 Å². The van der Waals surface area contributed by atoms with Crippen molar-refractivity contribution < 1.29 is 23.8 Å². The molecular formula is C31H46N2O5. The number of carbonyl (C=O) groups is 2. The average Bonchev–Trinajstić information content (AvgIpc) is 2.90. The molecule has 7 nitrogen and oxygen atoms in total. The third kappa shape index (κ3) is 7.62. The van der Waals surface area contributed by atoms with Crippen molar-refractivity contribution in [3.63, 3.8) is 0 Å². The summed E-state index contributed by atoms with van der Waals surface area (Å²) in [7, 11) is 5.25. The van der Waals surface area contributed by atoms with Crippen molar-refractivity contribution in [1.29, 1.82) is 0 Å². The lowest BCUT2D eigenvalue weighted by Crippen LogP contribution is -2.46. The van der Waals surface area contributed by atoms with Crippen LogP contribution in [0.2, 0.25) is 0 Å². The summed E-state index contributed by atoms with van der Waals surface area (Å²) in [4.78, 5) is 27.5. The first-order chi connectivity index (χ1) is 18.1. The van der Waals surface area contributed by atoms with Crippen LogP contribution in [0.4, 0.5) is 10.5 Å². The maximum absolute atomic E-state index is 13.5. The van der Waals surface area contributed by atoms with Crippen molar-refractivity contribution in [3.8, 4) is 5.75 Å². The number of benzene rings is 1. The number of nitrogens with zero attached hydrogens (tertiary/aromatic N) is 1. The molecule has 3 rings (SSSR count). The van der Waals surface area contributed by atoms with Gasteiger partial charge in [-0.25, -0.2) is 4.79 Å². The molecule has 0 spiro atoms. The summed E-state index contributed by atoms with van der Waals surface area (Å²) in [6, 6.07) is 4.28. The van der Waals surface area contributed by atoms with Gasteiger partial charge in [0, 0.05) is 38.6 Å². The molecule has 1 N–H and O–H groups in total. The van der Waals surface area contributed by atoms with Crippen molar-refractivity contribution in [1.82, 2.24) is 5.32 Å². The lowest BCUT2D eigenvalue weighted by Gasteiger charge is -2.34. The second-order valence-corrected chi connectivity index (χ2v) is 11.1. The molecule has 1 saturated heterocycles. The maximum atomic E-state index is 13.5. The molecule has 2 aliphatic heterocycles. The highest BCUT2D eigenvalue weighted by Crippen LogP contribution is 2.39. The molecule has 0 aromatic heterocycles. The van der Waals surface area contributed by atoms with E-state index in [2.05, 4.69) is 56.4 Å². The predicted molar refractivity (Wildman–Crippen MR) is 152 cm³/mol. The van der Waals surface area contributed by atoms with E-state index in [1.807, 2.05) is 14.0 Å². The SMILES string of the molecule is CCC(C)c1c(OC)cc2cc1N(C)C(=O)CC[C@](C)(OC)CCC1CC(C/C=C/C=C(\C)C2)NC(=O)O1. The van der Waals surface area contributed by atoms with E-state index in [0.717, 1.165) is 48.2 Å². The average molecular weight is 527 g/mol. The van der Waals surface area contributed by atoms with E-state index < -0.39 is 5.60 Å². The van der Waals surface area contributed by atoms with Crippen LogP contribution in [0.1, 0.15) is 89.7 Å². The number of rotatable bonds is 4. The second-order valence-electron chi connectivity index (χ2n) is 11.1. The standard InChI is InChI=1S/C31H46N2O5/c1-8-22(3)29-26-18-23(19-27(29)36-6)17-21(2)11-9-10-12-24-20-25(38-30(35)32-24)13-15-31(4,37-7)16-14-28(34)33(26)5/h9-11,18-19,22,24-25H,8,12-17,20H2,1-7H3,(H,32,35)/b10-9+,21-11+/t22?,24?,25?,31-/m1/s1. The molecule has 0 saturated carbocycles. The molecule has 0 radical (unpaired) electrons. The summed E-state index contributed by atoms with van der Waals surface area (Å²) in [5, 5.41) is 2.94. The monoisotopic (exact) mass is 526 g/mol. The molecule has 38 heavy (non-hydrogen) atoms. The number of alkyl carbamates (subject to hydrolysis) is 1. The van der Waals surface area contributed by atoms with E-state index in [1.54, 1.807) is 19.1 Å². The highest BCUT2D eigenvalue weighted by molar-refractivity contribution is 5.94. The van der Waals surface area contributed by atoms with Gasteiger partial charge in [0.2, 0.25) is 5.91 Å². The van der Waals surface area contributed by atoms with Gasteiger partial charge in [0.25, 0.3) is 0 Å². The van der Waals surface area contributed by atoms with E-state index >= 15 is 0 Å². The Kier molecular flexibility index (Phi) is 10.4. The molecule has 210 valence electrons. The van der Waals surface area contributed by atoms with E-state index in [9.17, 15) is 9.59 Å². The number of anilines is 1. The predicted octanol–water partition coefficient (Wildman–Crippen LogP) is 6.45. The summed E-state index contributed by atoms with van der Waals surface area (Å²) >= 11 is 0. The molecule has 7 heteroatoms. The summed E-state index contributed by atoms with van der Waals surface area (Å²) in [6.07, 6.45) is 11.3. The molecule has 1 aromatic carbocycles. The topological polar surface area (TPSA) is 77.1 Å². The van der Waals surface area contributed by atoms with E-state index in [0.29, 0.717) is 25.7 Å². The van der Waals surface area contributed by atoms with E-state index in [4.69, 9.17) is 14.2 Å². The summed E-state index contributed by atoms with van der Waals surface area (Å²) in [6.45, 7) is 8.47. The van der Waals surface area contributed by atoms with E-state index in [-0.39, 0.29) is 30.1 Å². The third-order valence-corrected chi connectivity index (χ3v) is 8.16. The fraction of sp³-hybridized carbons (Fsp3) is 0.613. The molecule has 1 fully saturated rings. The minimum atomic E-state index is -0.494. The Morgan fingerprint density at radius 3 is 2.68 bits per heavy atom. The Morgan fingerprint density at radius 2 is 2.00 bits per heavy atom. The van der Waals surface area contributed by atoms with Gasteiger partial charge in [-0.1, -0.05) is 37.6 Å². The molecular weight excluding hydrogens is 480 g/mol. The van der Waals surface area contributed by atoms with Crippen LogP contribution in [0.25, 0.3) is 0 Å². The first-order valence-electron chi connectivity index (χ1n) is 13.9. The maximum Gasteiger partial charge on any atom is 0.407 e. The normalized spacial score (nSPS) is 28.5. The fourth-order valence-corrected chi connectivity index (χ4v) is 5.35. The van der Waals surface area contributed by atoms with Gasteiger partial charge in [0.15, 0.2) is 0 Å². The first-order valence-corrected chi connectivity index (χ1v) is 13.9. The quantitative estimate of drug-likeness (QED) is 0.488. The highest BCUT2D eigenvalue weighted by atomic mass is 16.6. The van der Waals surface area contributed by atoms with Crippen molar-refractivity contribution >= 4 is 17.7 Å². The first kappa shape index (κ1) is 29.8. The number of amides is 2. The molecule has 2 aliphatic rings. The van der Waals surface area contributed by atoms with Crippen LogP contribution in [-0.4, -0.2) is 51.0 Å². The van der Waals surface area contributed by atoms with Gasteiger partial charge >= 0.3 is 6.09 Å². The Balaban J connectivity index is 2.00. The molecule has 1 aromatic rings. The lowest BCUT2D eigenvalue weighted by atomic mass is 9.90. The van der Waals surface area contributed by atoms with Gasteiger partial charge in [-0.3, -0.25) is 4.79 Å². The highest BCUT2D eigenvalue weighted by Gasteiger charge is 2.32. The molecule has 2 heterocycles. The van der Waals surface area contributed by atoms with Crippen LogP contribution in [0.15, 0.2) is 35.9 Å². The zero-order chi connectivity index (χ0) is 27.9. The number of allylic oxidation sites excluding steroid dienone is 3. The van der Waals surface area contributed by atoms with Gasteiger partial charge in [-0.15, -0.1) is 0 Å². The van der Waals surface area contributed by atoms with Crippen molar-refractivity contribution in [2.24, 2.45) is 0 Å². The van der Waals surface area contributed by atoms with Crippen LogP contribution in [0.3, 0.4) is 0 Å². The van der Waals surface area contributed by atoms with Gasteiger partial charge in [0.1, 0.15) is 11.9 Å². The minimum Gasteiger partial charge on any atom is -0.496 e. The number of nitrogens with one attached hydrogen (secondary N) is 1. The summed E-state index contributed by atoms with van der Waals surface area (Å²) < 4.78 is 17.3. The van der Waals surface area contributed by atoms with Crippen LogP contribution in [-0.2, 0) is 20.7 Å². The number of carbonyl (C=O) groups excluding carboxylic acids is 2. The van der Waals surface area contributed by atoms with Crippen LogP contribution < -0.4 is 15.0 Å². The van der Waals surface area contributed by atoms with Gasteiger partial charge in [0.05, 0.1) is 18.4 Å². The van der Waals surface area contributed by atoms with Gasteiger partial charge in [-0.2, -0.15) is 0 Å². The smallest absolute Gasteiger partial charge is 0.407 e. The Hall–Kier alpha value is -2.80. The van der Waals surface area contributed by atoms with Gasteiger partial charge < -0.3 is 24.4 Å². The molecule has 2 amide bonds. The lowest BCUT2D eigenvalue weighted by molar-refractivity contribution is -0.120. The van der Waals surface area contributed by atoms with Crippen molar-refractivity contribution in [3.05, 3.63) is 47.1 Å². The number of ether oxygens (including phenoxy) is 3. The Bertz CT molecular complexity index is 1050. The zero-order valence-electron chi connectivity index (χ0n) is 24.3. The minimum absolute atomic E-state index is 0.0391. The number of hydrogen-bond acceptors (Lipinski definition) is 5.